The lowest BCUT2D eigenvalue weighted by molar-refractivity contribution is -0.143. The highest BCUT2D eigenvalue weighted by molar-refractivity contribution is 5.95. The molecule has 0 aromatic heterocycles. The molecule has 0 saturated heterocycles. The summed E-state index contributed by atoms with van der Waals surface area (Å²) in [7, 11) is 0. The van der Waals surface area contributed by atoms with Crippen molar-refractivity contribution < 1.29 is 39.0 Å². The number of hydrogen-bond acceptors (Lipinski definition) is 8. The molecule has 11 N–H and O–H groups in total. The van der Waals surface area contributed by atoms with Crippen molar-refractivity contribution in [1.29, 1.82) is 0 Å². The van der Waals surface area contributed by atoms with E-state index < -0.39 is 72.2 Å². The van der Waals surface area contributed by atoms with E-state index >= 15 is 0 Å². The first-order valence-electron chi connectivity index (χ1n) is 8.90. The average Bonchev–Trinajstić information content (AvgIpc) is 2.62. The SMILES string of the molecule is CC(NC(=O)C(CCC(N)=O)NC(=O)C(N)C(C)O)C(=O)NC(CC(N)=O)C(=O)O. The molecule has 0 bridgehead atoms. The maximum atomic E-state index is 12.4. The number of aliphatic carboxylic acids is 1. The second kappa shape index (κ2) is 12.3. The molecule has 5 unspecified atom stereocenters. The number of rotatable bonds is 13. The Morgan fingerprint density at radius 3 is 1.80 bits per heavy atom. The van der Waals surface area contributed by atoms with E-state index in [4.69, 9.17) is 22.3 Å². The predicted molar refractivity (Wildman–Crippen MR) is 101 cm³/mol. The Bertz CT molecular complexity index is 683. The van der Waals surface area contributed by atoms with Crippen molar-refractivity contribution in [3.05, 3.63) is 0 Å². The van der Waals surface area contributed by atoms with E-state index in [1.54, 1.807) is 0 Å². The maximum absolute atomic E-state index is 12.4. The molecule has 0 aliphatic rings. The summed E-state index contributed by atoms with van der Waals surface area (Å²) in [5.74, 6) is -5.89. The molecule has 170 valence electrons. The number of aliphatic hydroxyl groups excluding tert-OH is 1. The Morgan fingerprint density at radius 1 is 0.833 bits per heavy atom. The molecule has 0 aromatic rings. The number of aliphatic hydroxyl groups is 1. The number of nitrogens with one attached hydrogen (secondary N) is 3. The van der Waals surface area contributed by atoms with Crippen LogP contribution in [-0.2, 0) is 28.8 Å². The van der Waals surface area contributed by atoms with Crippen molar-refractivity contribution in [2.75, 3.05) is 0 Å². The van der Waals surface area contributed by atoms with Gasteiger partial charge >= 0.3 is 5.97 Å². The molecular formula is C16H28N6O8. The zero-order valence-corrected chi connectivity index (χ0v) is 16.6. The van der Waals surface area contributed by atoms with Crippen LogP contribution < -0.4 is 33.2 Å². The van der Waals surface area contributed by atoms with Crippen molar-refractivity contribution in [2.45, 2.75) is 63.4 Å². The van der Waals surface area contributed by atoms with Gasteiger partial charge in [0.25, 0.3) is 0 Å². The molecule has 0 aliphatic carbocycles. The van der Waals surface area contributed by atoms with Crippen LogP contribution in [0.1, 0.15) is 33.1 Å². The van der Waals surface area contributed by atoms with Gasteiger partial charge in [0, 0.05) is 6.42 Å². The van der Waals surface area contributed by atoms with Crippen molar-refractivity contribution in [3.63, 3.8) is 0 Å². The molecule has 0 aliphatic heterocycles. The lowest BCUT2D eigenvalue weighted by Crippen LogP contribution is -2.57. The Balaban J connectivity index is 5.15. The molecule has 0 radical (unpaired) electrons. The third kappa shape index (κ3) is 9.79. The van der Waals surface area contributed by atoms with E-state index in [-0.39, 0.29) is 12.8 Å². The summed E-state index contributed by atoms with van der Waals surface area (Å²) < 4.78 is 0. The van der Waals surface area contributed by atoms with Gasteiger partial charge in [-0.3, -0.25) is 24.0 Å². The van der Waals surface area contributed by atoms with Crippen LogP contribution in [-0.4, -0.2) is 76.0 Å². The lowest BCUT2D eigenvalue weighted by atomic mass is 10.1. The van der Waals surface area contributed by atoms with E-state index in [1.165, 1.54) is 13.8 Å². The number of carboxylic acid groups (broad SMARTS) is 1. The van der Waals surface area contributed by atoms with Gasteiger partial charge in [0.2, 0.25) is 29.5 Å². The van der Waals surface area contributed by atoms with Crippen LogP contribution in [0.25, 0.3) is 0 Å². The number of carboxylic acids is 1. The van der Waals surface area contributed by atoms with Gasteiger partial charge in [0.05, 0.1) is 12.5 Å². The largest absolute Gasteiger partial charge is 0.480 e. The molecule has 0 saturated carbocycles. The first-order chi connectivity index (χ1) is 13.8. The predicted octanol–water partition coefficient (Wildman–Crippen LogP) is -4.61. The number of amides is 5. The van der Waals surface area contributed by atoms with Gasteiger partial charge < -0.3 is 43.4 Å². The smallest absolute Gasteiger partial charge is 0.326 e. The normalized spacial score (nSPS) is 15.6. The second-order valence-electron chi connectivity index (χ2n) is 6.63. The number of carbonyl (C=O) groups is 6. The number of nitrogens with two attached hydrogens (primary N) is 3. The highest BCUT2D eigenvalue weighted by Gasteiger charge is 2.29. The van der Waals surface area contributed by atoms with E-state index in [0.29, 0.717) is 0 Å². The van der Waals surface area contributed by atoms with Gasteiger partial charge in [0.15, 0.2) is 0 Å². The van der Waals surface area contributed by atoms with Crippen LogP contribution >= 0.6 is 0 Å². The third-order valence-corrected chi connectivity index (χ3v) is 3.91. The molecule has 0 fully saturated rings. The van der Waals surface area contributed by atoms with Crippen LogP contribution in [0.4, 0.5) is 0 Å². The van der Waals surface area contributed by atoms with Crippen molar-refractivity contribution >= 4 is 35.5 Å². The summed E-state index contributed by atoms with van der Waals surface area (Å²) in [4.78, 5) is 69.6. The van der Waals surface area contributed by atoms with Gasteiger partial charge in [-0.15, -0.1) is 0 Å². The molecule has 5 atom stereocenters. The molecule has 14 heteroatoms. The Morgan fingerprint density at radius 2 is 1.37 bits per heavy atom. The number of carbonyl (C=O) groups excluding carboxylic acids is 5. The second-order valence-corrected chi connectivity index (χ2v) is 6.63. The van der Waals surface area contributed by atoms with Crippen LogP contribution in [0.5, 0.6) is 0 Å². The Kier molecular flexibility index (Phi) is 11.0. The van der Waals surface area contributed by atoms with E-state index in [2.05, 4.69) is 10.6 Å². The topological polar surface area (TPSA) is 257 Å². The molecule has 0 spiro atoms. The Hall–Kier alpha value is -3.26. The van der Waals surface area contributed by atoms with Gasteiger partial charge in [-0.2, -0.15) is 0 Å². The van der Waals surface area contributed by atoms with E-state index in [1.807, 2.05) is 5.32 Å². The fourth-order valence-electron chi connectivity index (χ4n) is 2.12. The molecule has 14 nitrogen and oxygen atoms in total. The Labute approximate surface area is 171 Å². The van der Waals surface area contributed by atoms with Crippen LogP contribution in [0.15, 0.2) is 0 Å². The highest BCUT2D eigenvalue weighted by atomic mass is 16.4. The zero-order valence-electron chi connectivity index (χ0n) is 16.6. The summed E-state index contributed by atoms with van der Waals surface area (Å²) >= 11 is 0. The monoisotopic (exact) mass is 432 g/mol. The maximum Gasteiger partial charge on any atom is 0.326 e. The van der Waals surface area contributed by atoms with Gasteiger partial charge in [-0.25, -0.2) is 4.79 Å². The van der Waals surface area contributed by atoms with E-state index in [0.717, 1.165) is 0 Å². The molecule has 0 heterocycles. The molecule has 0 rings (SSSR count). The van der Waals surface area contributed by atoms with Crippen LogP contribution in [0.2, 0.25) is 0 Å². The summed E-state index contributed by atoms with van der Waals surface area (Å²) in [6.07, 6.45) is -2.36. The summed E-state index contributed by atoms with van der Waals surface area (Å²) in [5.41, 5.74) is 15.5. The lowest BCUT2D eigenvalue weighted by Gasteiger charge is -2.23. The van der Waals surface area contributed by atoms with Crippen molar-refractivity contribution in [3.8, 4) is 0 Å². The van der Waals surface area contributed by atoms with Gasteiger partial charge in [-0.05, 0) is 20.3 Å². The quantitative estimate of drug-likeness (QED) is 0.139. The minimum atomic E-state index is -1.59. The average molecular weight is 432 g/mol. The standard InChI is InChI=1S/C16H28N6O8/c1-6(13(26)22-9(16(29)30)5-11(18)25)20-14(27)8(3-4-10(17)24)21-15(28)12(19)7(2)23/h6-9,12,23H,3-5,19H2,1-2H3,(H2,17,24)(H2,18,25)(H,20,27)(H,21,28)(H,22,26)(H,29,30). The number of primary amides is 2. The first-order valence-corrected chi connectivity index (χ1v) is 8.90. The van der Waals surface area contributed by atoms with Gasteiger partial charge in [-0.1, -0.05) is 0 Å². The fourth-order valence-corrected chi connectivity index (χ4v) is 2.12. The first kappa shape index (κ1) is 26.7. The molecule has 30 heavy (non-hydrogen) atoms. The minimum absolute atomic E-state index is 0.215. The highest BCUT2D eigenvalue weighted by Crippen LogP contribution is 2.01. The minimum Gasteiger partial charge on any atom is -0.480 e. The fraction of sp³-hybridized carbons (Fsp3) is 0.625. The van der Waals surface area contributed by atoms with Crippen molar-refractivity contribution in [2.24, 2.45) is 17.2 Å². The van der Waals surface area contributed by atoms with Gasteiger partial charge in [0.1, 0.15) is 24.2 Å². The summed E-state index contributed by atoms with van der Waals surface area (Å²) in [5, 5.41) is 24.9. The van der Waals surface area contributed by atoms with Crippen LogP contribution in [0.3, 0.4) is 0 Å². The summed E-state index contributed by atoms with van der Waals surface area (Å²) in [6.45, 7) is 2.49. The third-order valence-electron chi connectivity index (χ3n) is 3.91. The molecule has 5 amide bonds. The van der Waals surface area contributed by atoms with Crippen molar-refractivity contribution in [1.82, 2.24) is 16.0 Å². The van der Waals surface area contributed by atoms with Crippen LogP contribution in [0, 0.1) is 0 Å². The van der Waals surface area contributed by atoms with E-state index in [9.17, 15) is 33.9 Å². The molecular weight excluding hydrogens is 404 g/mol. The summed E-state index contributed by atoms with van der Waals surface area (Å²) in [6, 6.07) is -5.53. The number of hydrogen-bond donors (Lipinski definition) is 8. The molecule has 0 aromatic carbocycles. The zero-order chi connectivity index (χ0) is 23.6.